The van der Waals surface area contributed by atoms with Crippen molar-refractivity contribution in [2.75, 3.05) is 24.5 Å². The number of piperazine rings is 1. The van der Waals surface area contributed by atoms with Crippen molar-refractivity contribution in [1.82, 2.24) is 14.5 Å². The lowest BCUT2D eigenvalue weighted by molar-refractivity contribution is 0.215. The molecular weight excluding hydrogens is 475 g/mol. The average molecular weight is 498 g/mol. The van der Waals surface area contributed by atoms with Gasteiger partial charge < -0.3 is 9.47 Å². The summed E-state index contributed by atoms with van der Waals surface area (Å²) in [6.45, 7) is 3.56. The first-order valence-electron chi connectivity index (χ1n) is 10.8. The van der Waals surface area contributed by atoms with Gasteiger partial charge in [-0.05, 0) is 53.6 Å². The van der Waals surface area contributed by atoms with Crippen LogP contribution in [0.3, 0.4) is 0 Å². The summed E-state index contributed by atoms with van der Waals surface area (Å²) >= 11 is 18.9. The summed E-state index contributed by atoms with van der Waals surface area (Å²) in [5, 5.41) is 2.05. The van der Waals surface area contributed by atoms with E-state index in [0.29, 0.717) is 10.0 Å². The van der Waals surface area contributed by atoms with Gasteiger partial charge in [-0.15, -0.1) is 0 Å². The minimum absolute atomic E-state index is 0.153. The number of anilines is 1. The highest BCUT2D eigenvalue weighted by atomic mass is 35.5. The minimum Gasteiger partial charge on any atom is -0.361 e. The quantitative estimate of drug-likeness (QED) is 0.300. The van der Waals surface area contributed by atoms with E-state index in [0.717, 1.165) is 42.6 Å². The van der Waals surface area contributed by atoms with Gasteiger partial charge in [0.25, 0.3) is 0 Å². The van der Waals surface area contributed by atoms with Gasteiger partial charge >= 0.3 is 0 Å². The van der Waals surface area contributed by atoms with Crippen molar-refractivity contribution in [2.24, 2.45) is 0 Å². The molecule has 1 aliphatic heterocycles. The van der Waals surface area contributed by atoms with E-state index in [9.17, 15) is 0 Å². The Morgan fingerprint density at radius 3 is 2.30 bits per heavy atom. The lowest BCUT2D eigenvalue weighted by atomic mass is 10.0. The van der Waals surface area contributed by atoms with Crippen LogP contribution >= 0.6 is 34.8 Å². The van der Waals surface area contributed by atoms with Crippen LogP contribution in [0.1, 0.15) is 17.2 Å². The molecule has 5 rings (SSSR count). The van der Waals surface area contributed by atoms with Gasteiger partial charge in [0.15, 0.2) is 0 Å². The fraction of sp³-hybridized carbons (Fsp3) is 0.192. The van der Waals surface area contributed by atoms with E-state index in [-0.39, 0.29) is 6.04 Å². The third-order valence-electron chi connectivity index (χ3n) is 6.08. The molecule has 0 radical (unpaired) electrons. The van der Waals surface area contributed by atoms with Crippen LogP contribution in [-0.4, -0.2) is 34.1 Å². The summed E-state index contributed by atoms with van der Waals surface area (Å²) in [4.78, 5) is 8.99. The van der Waals surface area contributed by atoms with Crippen molar-refractivity contribution in [1.29, 1.82) is 0 Å². The molecule has 1 aliphatic rings. The average Bonchev–Trinajstić information content (AvgIpc) is 3.36. The maximum atomic E-state index is 6.60. The number of hydrogen-bond acceptors (Lipinski definition) is 3. The summed E-state index contributed by atoms with van der Waals surface area (Å²) in [6, 6.07) is 22.6. The molecule has 1 aromatic heterocycles. The summed E-state index contributed by atoms with van der Waals surface area (Å²) in [7, 11) is 0. The Morgan fingerprint density at radius 2 is 1.61 bits per heavy atom. The van der Waals surface area contributed by atoms with Crippen LogP contribution in [0, 0.1) is 0 Å². The maximum absolute atomic E-state index is 6.60. The smallest absolute Gasteiger partial charge is 0.0991 e. The van der Waals surface area contributed by atoms with Crippen molar-refractivity contribution in [3.8, 4) is 5.69 Å². The zero-order valence-electron chi connectivity index (χ0n) is 17.9. The highest BCUT2D eigenvalue weighted by molar-refractivity contribution is 6.36. The summed E-state index contributed by atoms with van der Waals surface area (Å²) in [6.07, 6.45) is 5.55. The number of benzene rings is 3. The van der Waals surface area contributed by atoms with Crippen molar-refractivity contribution in [3.05, 3.63) is 112 Å². The molecule has 0 amide bonds. The van der Waals surface area contributed by atoms with Gasteiger partial charge in [0.1, 0.15) is 0 Å². The van der Waals surface area contributed by atoms with Crippen molar-refractivity contribution in [3.63, 3.8) is 0 Å². The zero-order chi connectivity index (χ0) is 22.8. The van der Waals surface area contributed by atoms with Crippen LogP contribution in [0.4, 0.5) is 5.69 Å². The van der Waals surface area contributed by atoms with E-state index in [1.807, 2.05) is 47.4 Å². The molecule has 4 aromatic rings. The first-order valence-corrected chi connectivity index (χ1v) is 12.0. The van der Waals surface area contributed by atoms with Gasteiger partial charge in [-0.3, -0.25) is 4.90 Å². The highest BCUT2D eigenvalue weighted by Gasteiger charge is 2.29. The minimum atomic E-state index is 0.153. The third-order valence-corrected chi connectivity index (χ3v) is 6.87. The van der Waals surface area contributed by atoms with Gasteiger partial charge in [-0.1, -0.05) is 59.1 Å². The number of imidazole rings is 1. The second-order valence-corrected chi connectivity index (χ2v) is 9.51. The van der Waals surface area contributed by atoms with Crippen molar-refractivity contribution >= 4 is 40.5 Å². The van der Waals surface area contributed by atoms with Crippen LogP contribution in [0.25, 0.3) is 5.69 Å². The molecule has 33 heavy (non-hydrogen) atoms. The Hall–Kier alpha value is -2.50. The predicted octanol–water partition coefficient (Wildman–Crippen LogP) is 6.90. The fourth-order valence-corrected chi connectivity index (χ4v) is 5.04. The molecular formula is C26H23Cl3N4. The standard InChI is InChI=1S/C26H23Cl3N4/c27-21-5-3-20(4-6-21)26-17-31(13-14-33(26)25-10-7-22(28)15-24(25)29)16-19-1-8-23(9-2-19)32-12-11-30-18-32/h1-12,15,18,26H,13-14,16-17H2/t26-/m0/s1. The first kappa shape index (κ1) is 22.3. The molecule has 1 fully saturated rings. The van der Waals surface area contributed by atoms with E-state index < -0.39 is 0 Å². The van der Waals surface area contributed by atoms with Crippen molar-refractivity contribution in [2.45, 2.75) is 12.6 Å². The normalized spacial score (nSPS) is 16.8. The van der Waals surface area contributed by atoms with Gasteiger partial charge in [0.2, 0.25) is 0 Å². The number of hydrogen-bond donors (Lipinski definition) is 0. The summed E-state index contributed by atoms with van der Waals surface area (Å²) in [5.74, 6) is 0. The SMILES string of the molecule is Clc1ccc([C@@H]2CN(Cc3ccc(-n4ccnc4)cc3)CCN2c2ccc(Cl)cc2Cl)cc1. The van der Waals surface area contributed by atoms with Crippen LogP contribution < -0.4 is 4.90 Å². The number of rotatable bonds is 5. The lowest BCUT2D eigenvalue weighted by Gasteiger charge is -2.43. The van der Waals surface area contributed by atoms with E-state index >= 15 is 0 Å². The van der Waals surface area contributed by atoms with E-state index in [4.69, 9.17) is 34.8 Å². The van der Waals surface area contributed by atoms with Gasteiger partial charge in [-0.2, -0.15) is 0 Å². The molecule has 7 heteroatoms. The molecule has 0 aliphatic carbocycles. The Bertz CT molecular complexity index is 1210. The lowest BCUT2D eigenvalue weighted by Crippen LogP contribution is -2.48. The van der Waals surface area contributed by atoms with Crippen molar-refractivity contribution < 1.29 is 0 Å². The molecule has 0 bridgehead atoms. The molecule has 0 saturated carbocycles. The number of halogens is 3. The molecule has 4 nitrogen and oxygen atoms in total. The number of nitrogens with zero attached hydrogens (tertiary/aromatic N) is 4. The molecule has 0 unspecified atom stereocenters. The Balaban J connectivity index is 1.37. The Morgan fingerprint density at radius 1 is 0.848 bits per heavy atom. The fourth-order valence-electron chi connectivity index (χ4n) is 4.40. The Labute approximate surface area is 208 Å². The molecule has 168 valence electrons. The maximum Gasteiger partial charge on any atom is 0.0991 e. The zero-order valence-corrected chi connectivity index (χ0v) is 20.2. The monoisotopic (exact) mass is 496 g/mol. The predicted molar refractivity (Wildman–Crippen MR) is 137 cm³/mol. The van der Waals surface area contributed by atoms with Gasteiger partial charge in [0, 0.05) is 54.3 Å². The van der Waals surface area contributed by atoms with Crippen LogP contribution in [0.2, 0.25) is 15.1 Å². The molecule has 3 aromatic carbocycles. The first-order chi connectivity index (χ1) is 16.1. The largest absolute Gasteiger partial charge is 0.361 e. The van der Waals surface area contributed by atoms with E-state index in [1.165, 1.54) is 11.1 Å². The third kappa shape index (κ3) is 5.04. The summed E-state index contributed by atoms with van der Waals surface area (Å²) < 4.78 is 2.01. The van der Waals surface area contributed by atoms with Crippen LogP contribution in [-0.2, 0) is 6.54 Å². The summed E-state index contributed by atoms with van der Waals surface area (Å²) in [5.41, 5.74) is 4.61. The van der Waals surface area contributed by atoms with Gasteiger partial charge in [0.05, 0.1) is 23.1 Å². The molecule has 1 atom stereocenters. The molecule has 0 N–H and O–H groups in total. The number of aromatic nitrogens is 2. The molecule has 2 heterocycles. The highest BCUT2D eigenvalue weighted by Crippen LogP contribution is 2.37. The second kappa shape index (κ2) is 9.78. The van der Waals surface area contributed by atoms with Crippen LogP contribution in [0.5, 0.6) is 0 Å². The molecule has 1 saturated heterocycles. The van der Waals surface area contributed by atoms with Crippen LogP contribution in [0.15, 0.2) is 85.5 Å². The Kier molecular flexibility index (Phi) is 6.61. The van der Waals surface area contributed by atoms with Gasteiger partial charge in [-0.25, -0.2) is 4.98 Å². The van der Waals surface area contributed by atoms with E-state index in [1.54, 1.807) is 6.20 Å². The molecule has 0 spiro atoms. The topological polar surface area (TPSA) is 24.3 Å². The van der Waals surface area contributed by atoms with E-state index in [2.05, 4.69) is 51.2 Å². The second-order valence-electron chi connectivity index (χ2n) is 8.23.